The van der Waals surface area contributed by atoms with Gasteiger partial charge in [-0.15, -0.1) is 0 Å². The lowest BCUT2D eigenvalue weighted by Crippen LogP contribution is -2.57. The van der Waals surface area contributed by atoms with Crippen LogP contribution in [-0.2, 0) is 43.5 Å². The largest absolute Gasteiger partial charge is 0.411 e. The zero-order chi connectivity index (χ0) is 25.2. The molecule has 192 valence electrons. The predicted octanol–water partition coefficient (Wildman–Crippen LogP) is 5.68. The number of hydrogen-bond acceptors (Lipinski definition) is 5. The molecule has 1 heterocycles. The highest BCUT2D eigenvalue weighted by Gasteiger charge is 2.45. The normalized spacial score (nSPS) is 22.4. The van der Waals surface area contributed by atoms with Crippen molar-refractivity contribution >= 4 is 0 Å². The highest BCUT2D eigenvalue weighted by atomic mass is 19.4. The van der Waals surface area contributed by atoms with Gasteiger partial charge < -0.3 is 23.7 Å². The van der Waals surface area contributed by atoms with E-state index >= 15 is 0 Å². The number of hydrogen-bond donors (Lipinski definition) is 0. The van der Waals surface area contributed by atoms with Gasteiger partial charge in [0.2, 0.25) is 0 Å². The molecular formula is C28H29F3O5. The third-order valence-electron chi connectivity index (χ3n) is 5.67. The van der Waals surface area contributed by atoms with E-state index in [1.54, 1.807) is 0 Å². The van der Waals surface area contributed by atoms with Gasteiger partial charge in [0, 0.05) is 0 Å². The number of alkyl halides is 3. The van der Waals surface area contributed by atoms with E-state index in [0.717, 1.165) is 16.7 Å². The molecule has 5 nitrogen and oxygen atoms in total. The van der Waals surface area contributed by atoms with Crippen molar-refractivity contribution in [3.05, 3.63) is 108 Å². The van der Waals surface area contributed by atoms with Gasteiger partial charge in [-0.2, -0.15) is 13.2 Å². The average Bonchev–Trinajstić information content (AvgIpc) is 2.90. The summed E-state index contributed by atoms with van der Waals surface area (Å²) in [6.07, 6.45) is -8.04. The first kappa shape index (κ1) is 26.3. The fourth-order valence-electron chi connectivity index (χ4n) is 3.89. The van der Waals surface area contributed by atoms with E-state index in [4.69, 9.17) is 23.7 Å². The minimum Gasteiger partial charge on any atom is -0.368 e. The molecule has 1 fully saturated rings. The van der Waals surface area contributed by atoms with Crippen LogP contribution in [0.25, 0.3) is 0 Å². The molecule has 36 heavy (non-hydrogen) atoms. The van der Waals surface area contributed by atoms with Gasteiger partial charge in [-0.3, -0.25) is 0 Å². The van der Waals surface area contributed by atoms with E-state index in [1.807, 2.05) is 91.0 Å². The Hall–Kier alpha value is -2.75. The fourth-order valence-corrected chi connectivity index (χ4v) is 3.89. The summed E-state index contributed by atoms with van der Waals surface area (Å²) >= 11 is 0. The highest BCUT2D eigenvalue weighted by molar-refractivity contribution is 5.15. The summed E-state index contributed by atoms with van der Waals surface area (Å²) in [5, 5.41) is 0. The van der Waals surface area contributed by atoms with Gasteiger partial charge in [0.15, 0.2) is 6.29 Å². The maximum atomic E-state index is 13.0. The van der Waals surface area contributed by atoms with E-state index in [9.17, 15) is 13.2 Å². The second kappa shape index (κ2) is 13.0. The van der Waals surface area contributed by atoms with Gasteiger partial charge in [-0.05, 0) is 16.7 Å². The molecule has 0 spiro atoms. The van der Waals surface area contributed by atoms with Crippen LogP contribution in [0.15, 0.2) is 91.0 Å². The van der Waals surface area contributed by atoms with Crippen molar-refractivity contribution in [3.8, 4) is 0 Å². The van der Waals surface area contributed by atoms with Crippen LogP contribution in [0.2, 0.25) is 0 Å². The topological polar surface area (TPSA) is 46.2 Å². The van der Waals surface area contributed by atoms with Crippen LogP contribution in [0.5, 0.6) is 0 Å². The summed E-state index contributed by atoms with van der Waals surface area (Å²) < 4.78 is 68.2. The van der Waals surface area contributed by atoms with Crippen molar-refractivity contribution in [2.24, 2.45) is 0 Å². The SMILES string of the molecule is FC(F)(F)CO[C@H]1OC[C@@H](OCc2ccccc2)[C@H](OCc2ccccc2)[C@H]1OCc1ccccc1. The van der Waals surface area contributed by atoms with Crippen LogP contribution in [-0.4, -0.2) is 44.0 Å². The molecule has 0 aliphatic carbocycles. The Labute approximate surface area is 208 Å². The smallest absolute Gasteiger partial charge is 0.368 e. The number of rotatable bonds is 11. The second-order valence-corrected chi connectivity index (χ2v) is 8.49. The Morgan fingerprint density at radius 2 is 1.06 bits per heavy atom. The first-order valence-corrected chi connectivity index (χ1v) is 11.7. The maximum absolute atomic E-state index is 13.0. The van der Waals surface area contributed by atoms with Gasteiger partial charge in [-0.1, -0.05) is 91.0 Å². The first-order valence-electron chi connectivity index (χ1n) is 11.7. The molecule has 0 aromatic heterocycles. The molecule has 4 atom stereocenters. The predicted molar refractivity (Wildman–Crippen MR) is 127 cm³/mol. The minimum absolute atomic E-state index is 0.0000106. The molecule has 0 amide bonds. The molecule has 1 aliphatic rings. The highest BCUT2D eigenvalue weighted by Crippen LogP contribution is 2.28. The first-order chi connectivity index (χ1) is 17.5. The van der Waals surface area contributed by atoms with E-state index in [-0.39, 0.29) is 19.8 Å². The molecule has 8 heteroatoms. The Morgan fingerprint density at radius 3 is 1.53 bits per heavy atom. The van der Waals surface area contributed by atoms with Crippen LogP contribution in [0.4, 0.5) is 13.2 Å². The summed E-state index contributed by atoms with van der Waals surface area (Å²) in [4.78, 5) is 0. The summed E-state index contributed by atoms with van der Waals surface area (Å²) in [5.74, 6) is 0. The Morgan fingerprint density at radius 1 is 0.611 bits per heavy atom. The maximum Gasteiger partial charge on any atom is 0.411 e. The van der Waals surface area contributed by atoms with Crippen molar-refractivity contribution in [2.45, 2.75) is 50.6 Å². The van der Waals surface area contributed by atoms with Gasteiger partial charge in [0.05, 0.1) is 26.4 Å². The minimum atomic E-state index is -4.51. The lowest BCUT2D eigenvalue weighted by Gasteiger charge is -2.42. The van der Waals surface area contributed by atoms with Crippen LogP contribution >= 0.6 is 0 Å². The molecule has 0 radical (unpaired) electrons. The molecule has 0 N–H and O–H groups in total. The van der Waals surface area contributed by atoms with Crippen LogP contribution in [0.1, 0.15) is 16.7 Å². The molecule has 4 rings (SSSR count). The Kier molecular flexibility index (Phi) is 9.49. The quantitative estimate of drug-likeness (QED) is 0.338. The number of halogens is 3. The van der Waals surface area contributed by atoms with Crippen molar-refractivity contribution in [3.63, 3.8) is 0 Å². The monoisotopic (exact) mass is 502 g/mol. The summed E-state index contributed by atoms with van der Waals surface area (Å²) in [5.41, 5.74) is 2.73. The van der Waals surface area contributed by atoms with E-state index < -0.39 is 37.4 Å². The lowest BCUT2D eigenvalue weighted by molar-refractivity contribution is -0.317. The van der Waals surface area contributed by atoms with Crippen LogP contribution in [0.3, 0.4) is 0 Å². The molecule has 0 bridgehead atoms. The number of benzene rings is 3. The third-order valence-corrected chi connectivity index (χ3v) is 5.67. The van der Waals surface area contributed by atoms with Crippen LogP contribution < -0.4 is 0 Å². The van der Waals surface area contributed by atoms with E-state index in [1.165, 1.54) is 0 Å². The van der Waals surface area contributed by atoms with E-state index in [2.05, 4.69) is 0 Å². The van der Waals surface area contributed by atoms with Gasteiger partial charge >= 0.3 is 6.18 Å². The number of ether oxygens (including phenoxy) is 5. The third kappa shape index (κ3) is 8.15. The average molecular weight is 503 g/mol. The molecule has 0 saturated carbocycles. The molecule has 1 saturated heterocycles. The summed E-state index contributed by atoms with van der Waals surface area (Å²) in [6.45, 7) is -0.783. The van der Waals surface area contributed by atoms with Crippen molar-refractivity contribution in [1.82, 2.24) is 0 Å². The zero-order valence-electron chi connectivity index (χ0n) is 19.7. The Bertz CT molecular complexity index is 1020. The molecule has 0 unspecified atom stereocenters. The molecule has 1 aliphatic heterocycles. The molecular weight excluding hydrogens is 473 g/mol. The lowest BCUT2D eigenvalue weighted by atomic mass is 10.0. The molecule has 3 aromatic rings. The summed E-state index contributed by atoms with van der Waals surface area (Å²) in [7, 11) is 0. The second-order valence-electron chi connectivity index (χ2n) is 8.49. The zero-order valence-corrected chi connectivity index (χ0v) is 19.7. The van der Waals surface area contributed by atoms with Crippen LogP contribution in [0, 0.1) is 0 Å². The van der Waals surface area contributed by atoms with E-state index in [0.29, 0.717) is 6.61 Å². The summed E-state index contributed by atoms with van der Waals surface area (Å²) in [6, 6.07) is 28.5. The van der Waals surface area contributed by atoms with Crippen molar-refractivity contribution in [1.29, 1.82) is 0 Å². The van der Waals surface area contributed by atoms with Crippen molar-refractivity contribution < 1.29 is 36.9 Å². The molecule has 3 aromatic carbocycles. The fraction of sp³-hybridized carbons (Fsp3) is 0.357. The van der Waals surface area contributed by atoms with Gasteiger partial charge in [-0.25, -0.2) is 0 Å². The van der Waals surface area contributed by atoms with Crippen molar-refractivity contribution in [2.75, 3.05) is 13.2 Å². The standard InChI is InChI=1S/C28H29F3O5/c29-28(30,31)20-36-27-26(34-18-23-14-8-3-9-15-23)25(33-17-22-12-6-2-7-13-22)24(19-35-27)32-16-21-10-4-1-5-11-21/h1-15,24-27H,16-20H2/t24-,25+,26-,27-/m1/s1. The Balaban J connectivity index is 1.53. The van der Waals surface area contributed by atoms with Gasteiger partial charge in [0.25, 0.3) is 0 Å². The van der Waals surface area contributed by atoms with Gasteiger partial charge in [0.1, 0.15) is 24.9 Å².